The molecule has 1 aliphatic heterocycles. The fraction of sp³-hybridized carbons (Fsp3) is 0.467. The van der Waals surface area contributed by atoms with Crippen molar-refractivity contribution < 1.29 is 4.74 Å². The topological polar surface area (TPSA) is 9.23 Å². The SMILES string of the molecule is C#CSc1ccc2c(c1)C(C)(C)CC(C)(C)O2. The van der Waals surface area contributed by atoms with Crippen molar-refractivity contribution in [2.24, 2.45) is 0 Å². The summed E-state index contributed by atoms with van der Waals surface area (Å²) in [6, 6.07) is 6.23. The highest BCUT2D eigenvalue weighted by molar-refractivity contribution is 8.03. The molecule has 1 nitrogen and oxygen atoms in total. The molecule has 1 heterocycles. The van der Waals surface area contributed by atoms with Crippen molar-refractivity contribution in [3.8, 4) is 17.4 Å². The van der Waals surface area contributed by atoms with Crippen LogP contribution in [0.4, 0.5) is 0 Å². The van der Waals surface area contributed by atoms with E-state index >= 15 is 0 Å². The second-order valence-electron chi connectivity index (χ2n) is 5.80. The largest absolute Gasteiger partial charge is 0.488 e. The lowest BCUT2D eigenvalue weighted by molar-refractivity contribution is 0.0532. The minimum absolute atomic E-state index is 0.0999. The van der Waals surface area contributed by atoms with Crippen LogP contribution in [0.1, 0.15) is 39.7 Å². The number of terminal acetylenes is 1. The van der Waals surface area contributed by atoms with E-state index in [4.69, 9.17) is 11.2 Å². The summed E-state index contributed by atoms with van der Waals surface area (Å²) in [6.07, 6.45) is 6.34. The molecule has 0 saturated heterocycles. The average molecular weight is 246 g/mol. The summed E-state index contributed by atoms with van der Waals surface area (Å²) >= 11 is 1.42. The van der Waals surface area contributed by atoms with Gasteiger partial charge in [0.05, 0.1) is 0 Å². The quantitative estimate of drug-likeness (QED) is 0.542. The highest BCUT2D eigenvalue weighted by Crippen LogP contribution is 2.45. The molecule has 0 spiro atoms. The third-order valence-electron chi connectivity index (χ3n) is 3.11. The van der Waals surface area contributed by atoms with E-state index in [1.54, 1.807) is 0 Å². The Hall–Kier alpha value is -1.07. The molecule has 0 aliphatic carbocycles. The van der Waals surface area contributed by atoms with Gasteiger partial charge >= 0.3 is 0 Å². The molecule has 17 heavy (non-hydrogen) atoms. The van der Waals surface area contributed by atoms with Gasteiger partial charge in [-0.25, -0.2) is 0 Å². The van der Waals surface area contributed by atoms with Gasteiger partial charge in [-0.2, -0.15) is 0 Å². The molecule has 0 N–H and O–H groups in total. The van der Waals surface area contributed by atoms with Crippen LogP contribution >= 0.6 is 11.8 Å². The molecule has 2 rings (SSSR count). The van der Waals surface area contributed by atoms with E-state index in [1.807, 2.05) is 12.1 Å². The second kappa shape index (κ2) is 3.99. The molecule has 0 unspecified atom stereocenters. The first-order valence-corrected chi connectivity index (χ1v) is 6.62. The zero-order valence-electron chi connectivity index (χ0n) is 10.8. The minimum atomic E-state index is -0.0999. The Morgan fingerprint density at radius 3 is 2.65 bits per heavy atom. The number of hydrogen-bond acceptors (Lipinski definition) is 2. The molecule has 0 amide bonds. The number of ether oxygens (including phenoxy) is 1. The number of rotatable bonds is 1. The zero-order chi connectivity index (χ0) is 12.7. The maximum absolute atomic E-state index is 6.03. The number of thioether (sulfide) groups is 1. The third-order valence-corrected chi connectivity index (χ3v) is 3.72. The highest BCUT2D eigenvalue weighted by atomic mass is 32.2. The lowest BCUT2D eigenvalue weighted by Crippen LogP contribution is -2.41. The van der Waals surface area contributed by atoms with Gasteiger partial charge in [-0.3, -0.25) is 0 Å². The Labute approximate surface area is 108 Å². The van der Waals surface area contributed by atoms with Crippen LogP contribution < -0.4 is 4.74 Å². The first-order valence-electron chi connectivity index (χ1n) is 5.80. The smallest absolute Gasteiger partial charge is 0.123 e. The van der Waals surface area contributed by atoms with Crippen molar-refractivity contribution in [1.29, 1.82) is 0 Å². The van der Waals surface area contributed by atoms with Gasteiger partial charge in [-0.1, -0.05) is 13.8 Å². The van der Waals surface area contributed by atoms with Gasteiger partial charge in [0.2, 0.25) is 0 Å². The molecule has 0 bridgehead atoms. The standard InChI is InChI=1S/C15H18OS/c1-6-17-11-7-8-13-12(9-11)14(2,3)10-15(4,5)16-13/h1,7-9H,10H2,2-5H3. The fourth-order valence-corrected chi connectivity index (χ4v) is 3.20. The first-order chi connectivity index (χ1) is 7.84. The van der Waals surface area contributed by atoms with Gasteiger partial charge in [0.25, 0.3) is 0 Å². The van der Waals surface area contributed by atoms with E-state index in [0.29, 0.717) is 0 Å². The second-order valence-corrected chi connectivity index (χ2v) is 6.71. The first kappa shape index (κ1) is 12.4. The number of hydrogen-bond donors (Lipinski definition) is 0. The average Bonchev–Trinajstić information content (AvgIpc) is 2.17. The molecule has 1 aliphatic rings. The minimum Gasteiger partial charge on any atom is -0.488 e. The molecule has 0 atom stereocenters. The number of benzene rings is 1. The van der Waals surface area contributed by atoms with E-state index in [-0.39, 0.29) is 11.0 Å². The molecule has 2 heteroatoms. The Morgan fingerprint density at radius 2 is 2.00 bits per heavy atom. The van der Waals surface area contributed by atoms with Crippen LogP contribution in [0, 0.1) is 11.7 Å². The van der Waals surface area contributed by atoms with Crippen molar-refractivity contribution in [3.63, 3.8) is 0 Å². The predicted octanol–water partition coefficient (Wildman–Crippen LogP) is 4.21. The lowest BCUT2D eigenvalue weighted by atomic mass is 9.74. The highest BCUT2D eigenvalue weighted by Gasteiger charge is 2.38. The third kappa shape index (κ3) is 2.45. The Bertz CT molecular complexity index is 480. The maximum Gasteiger partial charge on any atom is 0.123 e. The van der Waals surface area contributed by atoms with E-state index in [9.17, 15) is 0 Å². The maximum atomic E-state index is 6.03. The van der Waals surface area contributed by atoms with Crippen LogP contribution in [0.25, 0.3) is 0 Å². The molecule has 0 fully saturated rings. The summed E-state index contributed by atoms with van der Waals surface area (Å²) in [5.74, 6) is 0.993. The summed E-state index contributed by atoms with van der Waals surface area (Å²) in [7, 11) is 0. The van der Waals surface area contributed by atoms with Gasteiger partial charge in [0.15, 0.2) is 0 Å². The van der Waals surface area contributed by atoms with Crippen molar-refractivity contribution >= 4 is 11.8 Å². The summed E-state index contributed by atoms with van der Waals surface area (Å²) in [6.45, 7) is 8.81. The summed E-state index contributed by atoms with van der Waals surface area (Å²) in [5, 5.41) is 2.61. The van der Waals surface area contributed by atoms with E-state index in [2.05, 4.69) is 39.0 Å². The molecule has 1 aromatic carbocycles. The normalized spacial score (nSPS) is 19.9. The lowest BCUT2D eigenvalue weighted by Gasteiger charge is -2.42. The van der Waals surface area contributed by atoms with E-state index < -0.39 is 0 Å². The number of fused-ring (bicyclic) bond motifs is 1. The molecule has 0 saturated carbocycles. The van der Waals surface area contributed by atoms with Crippen LogP contribution in [0.5, 0.6) is 5.75 Å². The monoisotopic (exact) mass is 246 g/mol. The molecule has 0 radical (unpaired) electrons. The van der Waals surface area contributed by atoms with Crippen LogP contribution in [-0.4, -0.2) is 5.60 Å². The van der Waals surface area contributed by atoms with Crippen LogP contribution in [0.3, 0.4) is 0 Å². The van der Waals surface area contributed by atoms with Crippen molar-refractivity contribution in [2.75, 3.05) is 0 Å². The molecular formula is C15H18OS. The van der Waals surface area contributed by atoms with Crippen LogP contribution in [0.2, 0.25) is 0 Å². The fourth-order valence-electron chi connectivity index (χ4n) is 2.75. The van der Waals surface area contributed by atoms with Crippen molar-refractivity contribution in [1.82, 2.24) is 0 Å². The Kier molecular flexibility index (Phi) is 2.91. The molecule has 90 valence electrons. The van der Waals surface area contributed by atoms with Crippen LogP contribution in [-0.2, 0) is 5.41 Å². The van der Waals surface area contributed by atoms with E-state index in [0.717, 1.165) is 17.1 Å². The van der Waals surface area contributed by atoms with Crippen molar-refractivity contribution in [2.45, 2.75) is 50.0 Å². The summed E-state index contributed by atoms with van der Waals surface area (Å²) in [4.78, 5) is 1.11. The summed E-state index contributed by atoms with van der Waals surface area (Å²) in [5.41, 5.74) is 1.29. The van der Waals surface area contributed by atoms with Gasteiger partial charge < -0.3 is 4.74 Å². The van der Waals surface area contributed by atoms with Crippen LogP contribution in [0.15, 0.2) is 23.1 Å². The van der Waals surface area contributed by atoms with Gasteiger partial charge in [0, 0.05) is 10.5 Å². The van der Waals surface area contributed by atoms with Gasteiger partial charge in [-0.15, -0.1) is 6.42 Å². The molecule has 0 aromatic heterocycles. The van der Waals surface area contributed by atoms with Gasteiger partial charge in [0.1, 0.15) is 11.4 Å². The van der Waals surface area contributed by atoms with Crippen molar-refractivity contribution in [3.05, 3.63) is 23.8 Å². The molecular weight excluding hydrogens is 228 g/mol. The summed E-state index contributed by atoms with van der Waals surface area (Å²) < 4.78 is 6.03. The van der Waals surface area contributed by atoms with Gasteiger partial charge in [-0.05, 0) is 60.9 Å². The van der Waals surface area contributed by atoms with E-state index in [1.165, 1.54) is 17.3 Å². The predicted molar refractivity (Wildman–Crippen MR) is 73.5 cm³/mol. The molecule has 1 aromatic rings. The Balaban J connectivity index is 2.48. The Morgan fingerprint density at radius 1 is 1.29 bits per heavy atom. The zero-order valence-corrected chi connectivity index (χ0v) is 11.6.